The van der Waals surface area contributed by atoms with Crippen molar-refractivity contribution in [2.24, 2.45) is 7.05 Å². The summed E-state index contributed by atoms with van der Waals surface area (Å²) in [5, 5.41) is 7.61. The van der Waals surface area contributed by atoms with Crippen LogP contribution in [0.25, 0.3) is 16.9 Å². The number of anilines is 1. The van der Waals surface area contributed by atoms with Crippen molar-refractivity contribution in [3.05, 3.63) is 58.9 Å². The fourth-order valence-electron chi connectivity index (χ4n) is 4.13. The molecule has 10 heteroatoms. The van der Waals surface area contributed by atoms with Crippen LogP contribution < -0.4 is 10.1 Å². The van der Waals surface area contributed by atoms with Crippen LogP contribution in [0.2, 0.25) is 0 Å². The van der Waals surface area contributed by atoms with Gasteiger partial charge in [0, 0.05) is 57.6 Å². The van der Waals surface area contributed by atoms with Gasteiger partial charge in [0.2, 0.25) is 5.95 Å². The summed E-state index contributed by atoms with van der Waals surface area (Å²) in [4.78, 5) is 23.1. The van der Waals surface area contributed by atoms with E-state index in [0.717, 1.165) is 28.3 Å². The number of aryl methyl sites for hydroxylation is 2. The van der Waals surface area contributed by atoms with E-state index in [1.807, 2.05) is 17.5 Å². The summed E-state index contributed by atoms with van der Waals surface area (Å²) in [6.45, 7) is 2.73. The summed E-state index contributed by atoms with van der Waals surface area (Å²) in [6, 6.07) is 4.84. The maximum Gasteiger partial charge on any atom is 0.273 e. The van der Waals surface area contributed by atoms with Gasteiger partial charge in [0.05, 0.1) is 23.6 Å². The summed E-state index contributed by atoms with van der Waals surface area (Å²) in [6.07, 6.45) is 4.25. The predicted octanol–water partition coefficient (Wildman–Crippen LogP) is 2.83. The van der Waals surface area contributed by atoms with Crippen molar-refractivity contribution in [1.29, 1.82) is 0 Å². The van der Waals surface area contributed by atoms with E-state index in [9.17, 15) is 9.18 Å². The van der Waals surface area contributed by atoms with E-state index in [-0.39, 0.29) is 18.3 Å². The SMILES string of the molecule is Cc1cn2c(NCc3c(F)ccc4c3CCO4)ncc(-c3cc(C(=O)N(C)C)nn3C)c2n1. The molecule has 1 aliphatic rings. The Morgan fingerprint density at radius 2 is 2.15 bits per heavy atom. The fraction of sp³-hybridized carbons (Fsp3) is 0.304. The van der Waals surface area contributed by atoms with Crippen molar-refractivity contribution in [2.45, 2.75) is 19.9 Å². The van der Waals surface area contributed by atoms with E-state index in [4.69, 9.17) is 4.74 Å². The lowest BCUT2D eigenvalue weighted by Crippen LogP contribution is -2.22. The van der Waals surface area contributed by atoms with Gasteiger partial charge in [0.25, 0.3) is 5.91 Å². The number of halogens is 1. The van der Waals surface area contributed by atoms with E-state index in [0.29, 0.717) is 35.9 Å². The van der Waals surface area contributed by atoms with Crippen LogP contribution >= 0.6 is 0 Å². The molecule has 0 saturated carbocycles. The van der Waals surface area contributed by atoms with Crippen molar-refractivity contribution < 1.29 is 13.9 Å². The topological polar surface area (TPSA) is 89.6 Å². The molecule has 0 aliphatic carbocycles. The van der Waals surface area contributed by atoms with Gasteiger partial charge in [-0.3, -0.25) is 13.9 Å². The van der Waals surface area contributed by atoms with Gasteiger partial charge in [-0.15, -0.1) is 0 Å². The van der Waals surface area contributed by atoms with Crippen LogP contribution in [0.4, 0.5) is 10.3 Å². The molecule has 1 N–H and O–H groups in total. The highest BCUT2D eigenvalue weighted by Gasteiger charge is 2.21. The van der Waals surface area contributed by atoms with Gasteiger partial charge < -0.3 is 15.0 Å². The second-order valence-electron chi connectivity index (χ2n) is 8.26. The van der Waals surface area contributed by atoms with Crippen molar-refractivity contribution in [3.8, 4) is 17.0 Å². The third-order valence-electron chi connectivity index (χ3n) is 5.76. The Labute approximate surface area is 189 Å². The van der Waals surface area contributed by atoms with Crippen LogP contribution in [0.1, 0.15) is 27.3 Å². The number of ether oxygens (including phenoxy) is 1. The molecule has 0 unspecified atom stereocenters. The molecule has 1 aromatic carbocycles. The first-order valence-electron chi connectivity index (χ1n) is 10.6. The Morgan fingerprint density at radius 3 is 2.94 bits per heavy atom. The Balaban J connectivity index is 1.51. The minimum absolute atomic E-state index is 0.181. The summed E-state index contributed by atoms with van der Waals surface area (Å²) < 4.78 is 23.6. The highest BCUT2D eigenvalue weighted by Crippen LogP contribution is 2.31. The molecule has 0 saturated heterocycles. The zero-order chi connectivity index (χ0) is 23.3. The standard InChI is InChI=1S/C23H24FN7O2/c1-13-12-31-21(27-13)16(19-9-18(28-30(19)4)22(32)29(2)3)11-26-23(31)25-10-15-14-7-8-33-20(14)6-5-17(15)24/h5-6,9,11-12H,7-8,10H2,1-4H3,(H,25,26). The third-order valence-corrected chi connectivity index (χ3v) is 5.76. The van der Waals surface area contributed by atoms with Gasteiger partial charge in [-0.25, -0.2) is 14.4 Å². The van der Waals surface area contributed by atoms with Crippen LogP contribution in [0.5, 0.6) is 5.75 Å². The Bertz CT molecular complexity index is 1390. The molecule has 0 fully saturated rings. The highest BCUT2D eigenvalue weighted by molar-refractivity contribution is 5.93. The maximum absolute atomic E-state index is 14.5. The van der Waals surface area contributed by atoms with E-state index in [1.54, 1.807) is 44.2 Å². The van der Waals surface area contributed by atoms with Gasteiger partial charge in [-0.1, -0.05) is 0 Å². The summed E-state index contributed by atoms with van der Waals surface area (Å²) in [5.74, 6) is 0.825. The molecule has 1 amide bonds. The molecule has 4 aromatic rings. The number of hydrogen-bond donors (Lipinski definition) is 1. The number of rotatable bonds is 5. The second-order valence-corrected chi connectivity index (χ2v) is 8.26. The average Bonchev–Trinajstić information content (AvgIpc) is 3.50. The van der Waals surface area contributed by atoms with Crippen molar-refractivity contribution >= 4 is 17.5 Å². The molecule has 1 aliphatic heterocycles. The van der Waals surface area contributed by atoms with Gasteiger partial charge in [-0.2, -0.15) is 5.10 Å². The number of imidazole rings is 1. The number of nitrogens with zero attached hydrogens (tertiary/aromatic N) is 6. The monoisotopic (exact) mass is 449 g/mol. The number of fused-ring (bicyclic) bond motifs is 2. The van der Waals surface area contributed by atoms with Crippen molar-refractivity contribution in [1.82, 2.24) is 29.0 Å². The van der Waals surface area contributed by atoms with Gasteiger partial charge in [0.15, 0.2) is 11.3 Å². The first-order chi connectivity index (χ1) is 15.8. The normalized spacial score (nSPS) is 12.6. The molecule has 0 bridgehead atoms. The van der Waals surface area contributed by atoms with Crippen molar-refractivity contribution in [3.63, 3.8) is 0 Å². The lowest BCUT2D eigenvalue weighted by Gasteiger charge is -2.13. The lowest BCUT2D eigenvalue weighted by molar-refractivity contribution is 0.0821. The zero-order valence-electron chi connectivity index (χ0n) is 18.9. The van der Waals surface area contributed by atoms with E-state index < -0.39 is 0 Å². The minimum Gasteiger partial charge on any atom is -0.493 e. The highest BCUT2D eigenvalue weighted by atomic mass is 19.1. The number of benzene rings is 1. The number of aromatic nitrogens is 5. The Morgan fingerprint density at radius 1 is 1.33 bits per heavy atom. The number of nitrogens with one attached hydrogen (secondary N) is 1. The van der Waals surface area contributed by atoms with Crippen LogP contribution in [-0.4, -0.2) is 55.7 Å². The quantitative estimate of drug-likeness (QED) is 0.504. The van der Waals surface area contributed by atoms with E-state index >= 15 is 0 Å². The molecule has 0 radical (unpaired) electrons. The molecule has 9 nitrogen and oxygen atoms in total. The Hall–Kier alpha value is -3.95. The van der Waals surface area contributed by atoms with Gasteiger partial charge >= 0.3 is 0 Å². The lowest BCUT2D eigenvalue weighted by atomic mass is 10.0. The molecule has 5 rings (SSSR count). The predicted molar refractivity (Wildman–Crippen MR) is 121 cm³/mol. The summed E-state index contributed by atoms with van der Waals surface area (Å²) >= 11 is 0. The van der Waals surface area contributed by atoms with Gasteiger partial charge in [-0.05, 0) is 25.1 Å². The molecular formula is C23H24FN7O2. The zero-order valence-corrected chi connectivity index (χ0v) is 18.9. The largest absolute Gasteiger partial charge is 0.493 e. The van der Waals surface area contributed by atoms with Crippen LogP contribution in [-0.2, 0) is 20.0 Å². The van der Waals surface area contributed by atoms with Crippen molar-refractivity contribution in [2.75, 3.05) is 26.0 Å². The fourth-order valence-corrected chi connectivity index (χ4v) is 4.13. The number of carbonyl (C=O) groups is 1. The van der Waals surface area contributed by atoms with Gasteiger partial charge in [0.1, 0.15) is 11.6 Å². The van der Waals surface area contributed by atoms with Crippen LogP contribution in [0.3, 0.4) is 0 Å². The first-order valence-corrected chi connectivity index (χ1v) is 10.6. The smallest absolute Gasteiger partial charge is 0.273 e. The molecule has 170 valence electrons. The number of hydrogen-bond acceptors (Lipinski definition) is 6. The van der Waals surface area contributed by atoms with Crippen LogP contribution in [0.15, 0.2) is 30.6 Å². The maximum atomic E-state index is 14.5. The molecule has 3 aromatic heterocycles. The molecule has 33 heavy (non-hydrogen) atoms. The third kappa shape index (κ3) is 3.57. The second kappa shape index (κ2) is 7.88. The molecule has 4 heterocycles. The first kappa shape index (κ1) is 20.9. The van der Waals surface area contributed by atoms with Crippen LogP contribution in [0, 0.1) is 12.7 Å². The Kier molecular flexibility index (Phi) is 4.99. The molecule has 0 atom stereocenters. The number of carbonyl (C=O) groups excluding carboxylic acids is 1. The molecular weight excluding hydrogens is 425 g/mol. The minimum atomic E-state index is -0.269. The summed E-state index contributed by atoms with van der Waals surface area (Å²) in [5.41, 5.74) is 4.75. The average molecular weight is 449 g/mol. The molecule has 0 spiro atoms. The summed E-state index contributed by atoms with van der Waals surface area (Å²) in [7, 11) is 5.15. The van der Waals surface area contributed by atoms with E-state index in [2.05, 4.69) is 20.4 Å². The number of amides is 1. The van der Waals surface area contributed by atoms with E-state index in [1.165, 1.54) is 11.0 Å².